The molecule has 0 aliphatic heterocycles. The number of aromatic nitrogens is 2. The van der Waals surface area contributed by atoms with E-state index in [1.165, 1.54) is 34.3 Å². The number of thiophene rings is 2. The Morgan fingerprint density at radius 2 is 2.12 bits per heavy atom. The highest BCUT2D eigenvalue weighted by Crippen LogP contribution is 2.34. The lowest BCUT2D eigenvalue weighted by molar-refractivity contribution is -0.139. The smallest absolute Gasteiger partial charge is 0.316 e. The molecule has 3 rings (SSSR count). The lowest BCUT2D eigenvalue weighted by Gasteiger charge is -2.04. The lowest BCUT2D eigenvalue weighted by Crippen LogP contribution is -2.14. The Kier molecular flexibility index (Phi) is 5.27. The maximum atomic E-state index is 11.9. The molecular formula is C16H14N2O3S3. The molecule has 5 nitrogen and oxygen atoms in total. The second kappa shape index (κ2) is 7.42. The predicted molar refractivity (Wildman–Crippen MR) is 97.2 cm³/mol. The zero-order valence-corrected chi connectivity index (χ0v) is 15.5. The van der Waals surface area contributed by atoms with Crippen molar-refractivity contribution in [2.45, 2.75) is 18.9 Å². The third-order valence-corrected chi connectivity index (χ3v) is 6.41. The molecule has 0 saturated heterocycles. The molecule has 0 atom stereocenters. The molecule has 0 N–H and O–H groups in total. The number of fused-ring (bicyclic) bond motifs is 1. The van der Waals surface area contributed by atoms with Gasteiger partial charge in [0.15, 0.2) is 6.61 Å². The average molecular weight is 379 g/mol. The van der Waals surface area contributed by atoms with E-state index in [1.54, 1.807) is 23.5 Å². The van der Waals surface area contributed by atoms with Crippen LogP contribution < -0.4 is 0 Å². The highest BCUT2D eigenvalue weighted by Gasteiger charge is 2.15. The molecule has 0 spiro atoms. The maximum Gasteiger partial charge on any atom is 0.316 e. The number of nitrogens with zero attached hydrogens (tertiary/aromatic N) is 2. The summed E-state index contributed by atoms with van der Waals surface area (Å²) in [5.74, 6) is -0.503. The van der Waals surface area contributed by atoms with Crippen molar-refractivity contribution in [1.82, 2.24) is 9.97 Å². The summed E-state index contributed by atoms with van der Waals surface area (Å²) < 4.78 is 5.05. The van der Waals surface area contributed by atoms with Gasteiger partial charge in [-0.15, -0.1) is 22.7 Å². The summed E-state index contributed by atoms with van der Waals surface area (Å²) in [6, 6.07) is 3.51. The van der Waals surface area contributed by atoms with Gasteiger partial charge in [0.2, 0.25) is 5.78 Å². The van der Waals surface area contributed by atoms with Crippen LogP contribution in [0.5, 0.6) is 0 Å². The van der Waals surface area contributed by atoms with Crippen LogP contribution in [-0.4, -0.2) is 34.1 Å². The van der Waals surface area contributed by atoms with Crippen LogP contribution in [0.1, 0.15) is 20.1 Å². The molecule has 0 bridgehead atoms. The minimum Gasteiger partial charge on any atom is -0.457 e. The Morgan fingerprint density at radius 3 is 2.88 bits per heavy atom. The number of esters is 1. The van der Waals surface area contributed by atoms with Crippen molar-refractivity contribution in [3.8, 4) is 0 Å². The number of thioether (sulfide) groups is 1. The number of aryl methyl sites for hydroxylation is 2. The van der Waals surface area contributed by atoms with Crippen molar-refractivity contribution >= 4 is 56.4 Å². The number of ketones is 1. The summed E-state index contributed by atoms with van der Waals surface area (Å²) in [6.07, 6.45) is 1.51. The van der Waals surface area contributed by atoms with Crippen molar-refractivity contribution in [3.63, 3.8) is 0 Å². The third kappa shape index (κ3) is 3.66. The first-order valence-corrected chi connectivity index (χ1v) is 9.80. The normalized spacial score (nSPS) is 10.9. The molecule has 8 heteroatoms. The summed E-state index contributed by atoms with van der Waals surface area (Å²) in [7, 11) is 0. The third-order valence-electron chi connectivity index (χ3n) is 3.42. The van der Waals surface area contributed by atoms with Crippen LogP contribution in [0, 0.1) is 13.8 Å². The molecular weight excluding hydrogens is 364 g/mol. The Balaban J connectivity index is 1.60. The molecule has 3 aromatic rings. The van der Waals surface area contributed by atoms with Crippen molar-refractivity contribution in [3.05, 3.63) is 39.2 Å². The molecule has 0 aliphatic carbocycles. The van der Waals surface area contributed by atoms with Gasteiger partial charge in [-0.05, 0) is 30.9 Å². The minimum absolute atomic E-state index is 0.109. The monoisotopic (exact) mass is 378 g/mol. The molecule has 3 aromatic heterocycles. The van der Waals surface area contributed by atoms with Gasteiger partial charge in [0.1, 0.15) is 16.2 Å². The van der Waals surface area contributed by atoms with E-state index in [4.69, 9.17) is 4.74 Å². The molecule has 0 amide bonds. The van der Waals surface area contributed by atoms with Crippen molar-refractivity contribution < 1.29 is 14.3 Å². The van der Waals surface area contributed by atoms with Crippen molar-refractivity contribution in [1.29, 1.82) is 0 Å². The quantitative estimate of drug-likeness (QED) is 0.281. The van der Waals surface area contributed by atoms with Crippen LogP contribution >= 0.6 is 34.4 Å². The van der Waals surface area contributed by atoms with E-state index < -0.39 is 5.97 Å². The number of carbonyl (C=O) groups is 2. The zero-order chi connectivity index (χ0) is 17.1. The standard InChI is InChI=1S/C16H14N2O3S3/c1-9-10(2)24-16-14(9)15(17-8-18-16)23-7-13(20)21-6-11(19)12-4-3-5-22-12/h3-5,8H,6-7H2,1-2H3. The summed E-state index contributed by atoms with van der Waals surface area (Å²) in [5.41, 5.74) is 1.14. The molecule has 124 valence electrons. The van der Waals surface area contributed by atoms with E-state index >= 15 is 0 Å². The van der Waals surface area contributed by atoms with Crippen LogP contribution in [-0.2, 0) is 9.53 Å². The van der Waals surface area contributed by atoms with E-state index in [2.05, 4.69) is 9.97 Å². The Labute approximate surface area is 151 Å². The fraction of sp³-hybridized carbons (Fsp3) is 0.250. The molecule has 0 unspecified atom stereocenters. The molecule has 0 aliphatic rings. The molecule has 3 heterocycles. The van der Waals surface area contributed by atoms with E-state index in [9.17, 15) is 9.59 Å². The number of hydrogen-bond donors (Lipinski definition) is 0. The molecule has 0 aromatic carbocycles. The highest BCUT2D eigenvalue weighted by atomic mass is 32.2. The largest absolute Gasteiger partial charge is 0.457 e. The lowest BCUT2D eigenvalue weighted by atomic mass is 10.2. The second-order valence-corrected chi connectivity index (χ2v) is 8.11. The van der Waals surface area contributed by atoms with Crippen LogP contribution in [0.3, 0.4) is 0 Å². The van der Waals surface area contributed by atoms with Gasteiger partial charge >= 0.3 is 5.97 Å². The number of carbonyl (C=O) groups excluding carboxylic acids is 2. The Bertz CT molecular complexity index is 887. The number of hydrogen-bond acceptors (Lipinski definition) is 8. The van der Waals surface area contributed by atoms with Gasteiger partial charge in [-0.3, -0.25) is 9.59 Å². The Hall–Kier alpha value is -1.77. The molecule has 0 fully saturated rings. The fourth-order valence-electron chi connectivity index (χ4n) is 2.08. The minimum atomic E-state index is -0.429. The van der Waals surface area contributed by atoms with Gasteiger partial charge in [0.05, 0.1) is 10.6 Å². The van der Waals surface area contributed by atoms with Crippen molar-refractivity contribution in [2.24, 2.45) is 0 Å². The highest BCUT2D eigenvalue weighted by molar-refractivity contribution is 8.00. The molecule has 0 saturated carbocycles. The first-order valence-electron chi connectivity index (χ1n) is 7.12. The number of ether oxygens (including phenoxy) is 1. The molecule has 24 heavy (non-hydrogen) atoms. The Morgan fingerprint density at radius 1 is 1.29 bits per heavy atom. The van der Waals surface area contributed by atoms with E-state index in [0.29, 0.717) is 4.88 Å². The van der Waals surface area contributed by atoms with E-state index in [1.807, 2.05) is 19.2 Å². The van der Waals surface area contributed by atoms with Gasteiger partial charge in [-0.25, -0.2) is 9.97 Å². The average Bonchev–Trinajstić information content (AvgIpc) is 3.20. The summed E-state index contributed by atoms with van der Waals surface area (Å²) >= 11 is 4.26. The van der Waals surface area contributed by atoms with Crippen LogP contribution in [0.4, 0.5) is 0 Å². The van der Waals surface area contributed by atoms with Gasteiger partial charge < -0.3 is 4.74 Å². The summed E-state index contributed by atoms with van der Waals surface area (Å²) in [6.45, 7) is 3.84. The van der Waals surface area contributed by atoms with E-state index in [0.717, 1.165) is 20.8 Å². The van der Waals surface area contributed by atoms with Gasteiger partial charge in [-0.1, -0.05) is 17.8 Å². The topological polar surface area (TPSA) is 69.2 Å². The first-order chi connectivity index (χ1) is 11.6. The first kappa shape index (κ1) is 17.1. The van der Waals surface area contributed by atoms with Gasteiger partial charge in [-0.2, -0.15) is 0 Å². The predicted octanol–water partition coefficient (Wildman–Crippen LogP) is 3.89. The SMILES string of the molecule is Cc1sc2ncnc(SCC(=O)OCC(=O)c3cccs3)c2c1C. The molecule has 0 radical (unpaired) electrons. The number of Topliss-reactive ketones (excluding diaryl/α,β-unsaturated/α-hetero) is 1. The summed E-state index contributed by atoms with van der Waals surface area (Å²) in [4.78, 5) is 35.0. The fourth-order valence-corrected chi connectivity index (χ4v) is 4.65. The van der Waals surface area contributed by atoms with Crippen LogP contribution in [0.25, 0.3) is 10.2 Å². The van der Waals surface area contributed by atoms with Crippen molar-refractivity contribution in [2.75, 3.05) is 12.4 Å². The van der Waals surface area contributed by atoms with Gasteiger partial charge in [0, 0.05) is 10.3 Å². The van der Waals surface area contributed by atoms with Crippen LogP contribution in [0.2, 0.25) is 0 Å². The number of rotatable bonds is 6. The van der Waals surface area contributed by atoms with E-state index in [-0.39, 0.29) is 18.1 Å². The second-order valence-electron chi connectivity index (χ2n) is 4.99. The summed E-state index contributed by atoms with van der Waals surface area (Å²) in [5, 5.41) is 3.58. The van der Waals surface area contributed by atoms with Crippen LogP contribution in [0.15, 0.2) is 28.9 Å². The zero-order valence-electron chi connectivity index (χ0n) is 13.1. The maximum absolute atomic E-state index is 11.9. The van der Waals surface area contributed by atoms with Gasteiger partial charge in [0.25, 0.3) is 0 Å².